The Morgan fingerprint density at radius 2 is 2.18 bits per heavy atom. The SMILES string of the molecule is C[C@]1(C[C@H](N)C(=O)O)C(=O)Nc2ccccc21. The first-order valence-electron chi connectivity index (χ1n) is 5.34. The Morgan fingerprint density at radius 1 is 1.53 bits per heavy atom. The van der Waals surface area contributed by atoms with Crippen molar-refractivity contribution in [3.05, 3.63) is 29.8 Å². The van der Waals surface area contributed by atoms with Gasteiger partial charge in [0.15, 0.2) is 0 Å². The molecule has 0 aromatic heterocycles. The van der Waals surface area contributed by atoms with Crippen molar-refractivity contribution in [1.29, 1.82) is 0 Å². The van der Waals surface area contributed by atoms with Gasteiger partial charge in [-0.05, 0) is 25.0 Å². The summed E-state index contributed by atoms with van der Waals surface area (Å²) in [6.45, 7) is 1.72. The summed E-state index contributed by atoms with van der Waals surface area (Å²) in [7, 11) is 0. The number of aliphatic carboxylic acids is 1. The summed E-state index contributed by atoms with van der Waals surface area (Å²) >= 11 is 0. The lowest BCUT2D eigenvalue weighted by Gasteiger charge is -2.24. The summed E-state index contributed by atoms with van der Waals surface area (Å²) in [5.74, 6) is -1.29. The number of hydrogen-bond acceptors (Lipinski definition) is 3. The van der Waals surface area contributed by atoms with Crippen molar-refractivity contribution in [3.63, 3.8) is 0 Å². The third-order valence-electron chi connectivity index (χ3n) is 3.22. The summed E-state index contributed by atoms with van der Waals surface area (Å²) in [6.07, 6.45) is 0.0885. The zero-order valence-corrected chi connectivity index (χ0v) is 9.43. The van der Waals surface area contributed by atoms with E-state index in [1.807, 2.05) is 18.2 Å². The van der Waals surface area contributed by atoms with Gasteiger partial charge in [-0.15, -0.1) is 0 Å². The Kier molecular flexibility index (Phi) is 2.63. The van der Waals surface area contributed by atoms with E-state index in [9.17, 15) is 9.59 Å². The molecule has 1 amide bonds. The van der Waals surface area contributed by atoms with Crippen LogP contribution in [0, 0.1) is 0 Å². The minimum Gasteiger partial charge on any atom is -0.480 e. The van der Waals surface area contributed by atoms with Crippen LogP contribution >= 0.6 is 0 Å². The lowest BCUT2D eigenvalue weighted by atomic mass is 9.78. The molecule has 90 valence electrons. The number of rotatable bonds is 3. The van der Waals surface area contributed by atoms with Gasteiger partial charge in [-0.1, -0.05) is 18.2 Å². The monoisotopic (exact) mass is 234 g/mol. The number of carboxylic acids is 1. The van der Waals surface area contributed by atoms with Crippen molar-refractivity contribution in [3.8, 4) is 0 Å². The first-order valence-corrected chi connectivity index (χ1v) is 5.34. The molecule has 0 radical (unpaired) electrons. The normalized spacial score (nSPS) is 24.0. The summed E-state index contributed by atoms with van der Waals surface area (Å²) in [5.41, 5.74) is 6.20. The highest BCUT2D eigenvalue weighted by Crippen LogP contribution is 2.40. The maximum absolute atomic E-state index is 12.0. The number of nitrogens with one attached hydrogen (secondary N) is 1. The number of nitrogens with two attached hydrogens (primary N) is 1. The number of carbonyl (C=O) groups excluding carboxylic acids is 1. The lowest BCUT2D eigenvalue weighted by Crippen LogP contribution is -2.41. The second-order valence-corrected chi connectivity index (χ2v) is 4.48. The third-order valence-corrected chi connectivity index (χ3v) is 3.22. The molecular formula is C12H14N2O3. The molecule has 0 spiro atoms. The number of anilines is 1. The first-order chi connectivity index (χ1) is 7.95. The molecule has 4 N–H and O–H groups in total. The third kappa shape index (κ3) is 1.78. The van der Waals surface area contributed by atoms with Crippen LogP contribution < -0.4 is 11.1 Å². The Bertz CT molecular complexity index is 486. The minimum atomic E-state index is -1.09. The molecule has 0 aliphatic carbocycles. The molecule has 5 nitrogen and oxygen atoms in total. The molecule has 0 fully saturated rings. The van der Waals surface area contributed by atoms with Crippen LogP contribution in [0.4, 0.5) is 5.69 Å². The van der Waals surface area contributed by atoms with Gasteiger partial charge in [0.05, 0.1) is 5.41 Å². The van der Waals surface area contributed by atoms with Gasteiger partial charge >= 0.3 is 5.97 Å². The number of fused-ring (bicyclic) bond motifs is 1. The fourth-order valence-corrected chi connectivity index (χ4v) is 2.19. The summed E-state index contributed by atoms with van der Waals surface area (Å²) in [5, 5.41) is 11.6. The number of para-hydroxylation sites is 1. The van der Waals surface area contributed by atoms with Crippen molar-refractivity contribution in [2.75, 3.05) is 5.32 Å². The van der Waals surface area contributed by atoms with Crippen LogP contribution in [0.5, 0.6) is 0 Å². The molecule has 2 atom stereocenters. The van der Waals surface area contributed by atoms with E-state index in [0.717, 1.165) is 11.3 Å². The average Bonchev–Trinajstić information content (AvgIpc) is 2.52. The van der Waals surface area contributed by atoms with Crippen molar-refractivity contribution >= 4 is 17.6 Å². The van der Waals surface area contributed by atoms with Gasteiger partial charge in [-0.3, -0.25) is 9.59 Å². The van der Waals surface area contributed by atoms with Crippen LogP contribution in [0.1, 0.15) is 18.9 Å². The number of carbonyl (C=O) groups is 2. The molecule has 1 aromatic rings. The van der Waals surface area contributed by atoms with Crippen LogP contribution in [0.2, 0.25) is 0 Å². The van der Waals surface area contributed by atoms with E-state index in [4.69, 9.17) is 10.8 Å². The number of carboxylic acid groups (broad SMARTS) is 1. The van der Waals surface area contributed by atoms with Crippen LogP contribution in [-0.2, 0) is 15.0 Å². The van der Waals surface area contributed by atoms with Gasteiger partial charge < -0.3 is 16.2 Å². The van der Waals surface area contributed by atoms with E-state index in [2.05, 4.69) is 5.32 Å². The molecule has 1 aliphatic rings. The molecule has 0 saturated heterocycles. The molecule has 1 aliphatic heterocycles. The van der Waals surface area contributed by atoms with E-state index >= 15 is 0 Å². The van der Waals surface area contributed by atoms with Crippen LogP contribution in [0.15, 0.2) is 24.3 Å². The topological polar surface area (TPSA) is 92.4 Å². The van der Waals surface area contributed by atoms with E-state index in [0.29, 0.717) is 0 Å². The molecular weight excluding hydrogens is 220 g/mol. The minimum absolute atomic E-state index is 0.0885. The number of amides is 1. The predicted octanol–water partition coefficient (Wildman–Crippen LogP) is 0.698. The maximum atomic E-state index is 12.0. The zero-order valence-electron chi connectivity index (χ0n) is 9.43. The van der Waals surface area contributed by atoms with Crippen molar-refractivity contribution in [2.24, 2.45) is 5.73 Å². The quantitative estimate of drug-likeness (QED) is 0.717. The van der Waals surface area contributed by atoms with Crippen molar-refractivity contribution in [1.82, 2.24) is 0 Å². The molecule has 1 heterocycles. The van der Waals surface area contributed by atoms with Gasteiger partial charge in [0.1, 0.15) is 6.04 Å². The Hall–Kier alpha value is -1.88. The lowest BCUT2D eigenvalue weighted by molar-refractivity contribution is -0.139. The molecule has 5 heteroatoms. The summed E-state index contributed by atoms with van der Waals surface area (Å²) < 4.78 is 0. The summed E-state index contributed by atoms with van der Waals surface area (Å²) in [6, 6.07) is 6.22. The van der Waals surface area contributed by atoms with E-state index in [1.54, 1.807) is 13.0 Å². The second-order valence-electron chi connectivity index (χ2n) is 4.48. The highest BCUT2D eigenvalue weighted by atomic mass is 16.4. The van der Waals surface area contributed by atoms with Gasteiger partial charge in [-0.25, -0.2) is 0 Å². The highest BCUT2D eigenvalue weighted by Gasteiger charge is 2.44. The van der Waals surface area contributed by atoms with Crippen molar-refractivity contribution < 1.29 is 14.7 Å². The highest BCUT2D eigenvalue weighted by molar-refractivity contribution is 6.06. The van der Waals surface area contributed by atoms with Gasteiger partial charge in [-0.2, -0.15) is 0 Å². The van der Waals surface area contributed by atoms with E-state index in [1.165, 1.54) is 0 Å². The van der Waals surface area contributed by atoms with Crippen LogP contribution in [-0.4, -0.2) is 23.0 Å². The first kappa shape index (κ1) is 11.6. The van der Waals surface area contributed by atoms with Gasteiger partial charge in [0, 0.05) is 5.69 Å². The molecule has 0 unspecified atom stereocenters. The van der Waals surface area contributed by atoms with Gasteiger partial charge in [0.25, 0.3) is 0 Å². The standard InChI is InChI=1S/C12H14N2O3/c1-12(6-8(13)10(15)16)7-4-2-3-5-9(7)14-11(12)17/h2-5,8H,6,13H2,1H3,(H,14,17)(H,15,16)/t8-,12+/m0/s1. The van der Waals surface area contributed by atoms with E-state index < -0.39 is 17.4 Å². The number of benzene rings is 1. The zero-order chi connectivity index (χ0) is 12.6. The molecule has 17 heavy (non-hydrogen) atoms. The van der Waals surface area contributed by atoms with Crippen molar-refractivity contribution in [2.45, 2.75) is 24.8 Å². The smallest absolute Gasteiger partial charge is 0.320 e. The Morgan fingerprint density at radius 3 is 2.82 bits per heavy atom. The molecule has 1 aromatic carbocycles. The van der Waals surface area contributed by atoms with E-state index in [-0.39, 0.29) is 12.3 Å². The Balaban J connectivity index is 2.37. The largest absolute Gasteiger partial charge is 0.480 e. The second kappa shape index (κ2) is 3.85. The fourth-order valence-electron chi connectivity index (χ4n) is 2.19. The van der Waals surface area contributed by atoms with Gasteiger partial charge in [0.2, 0.25) is 5.91 Å². The average molecular weight is 234 g/mol. The maximum Gasteiger partial charge on any atom is 0.320 e. The van der Waals surface area contributed by atoms with Crippen LogP contribution in [0.25, 0.3) is 0 Å². The molecule has 0 bridgehead atoms. The molecule has 2 rings (SSSR count). The fraction of sp³-hybridized carbons (Fsp3) is 0.333. The number of hydrogen-bond donors (Lipinski definition) is 3. The molecule has 0 saturated carbocycles. The predicted molar refractivity (Wildman–Crippen MR) is 62.7 cm³/mol. The summed E-state index contributed by atoms with van der Waals surface area (Å²) in [4.78, 5) is 22.7. The van der Waals surface area contributed by atoms with Crippen LogP contribution in [0.3, 0.4) is 0 Å². The Labute approximate surface area is 98.6 Å².